The van der Waals surface area contributed by atoms with Gasteiger partial charge in [-0.2, -0.15) is 0 Å². The highest BCUT2D eigenvalue weighted by atomic mass is 16.4. The summed E-state index contributed by atoms with van der Waals surface area (Å²) in [5, 5.41) is 25.8. The number of anilines is 1. The van der Waals surface area contributed by atoms with Crippen LogP contribution in [-0.4, -0.2) is 43.3 Å². The Labute approximate surface area is 118 Å². The van der Waals surface area contributed by atoms with Gasteiger partial charge in [-0.25, -0.2) is 0 Å². The van der Waals surface area contributed by atoms with E-state index in [1.165, 1.54) is 0 Å². The Bertz CT molecular complexity index is 525. The van der Waals surface area contributed by atoms with Crippen LogP contribution >= 0.6 is 0 Å². The number of nitrogens with one attached hydrogen (secondary N) is 1. The molecule has 0 spiro atoms. The zero-order valence-electron chi connectivity index (χ0n) is 11.5. The minimum absolute atomic E-state index is 0.210. The molecule has 1 aliphatic heterocycles. The van der Waals surface area contributed by atoms with Crippen LogP contribution in [0, 0.1) is 6.92 Å². The van der Waals surface area contributed by atoms with Crippen LogP contribution in [0.2, 0.25) is 0 Å². The highest BCUT2D eigenvalue weighted by molar-refractivity contribution is 6.59. The van der Waals surface area contributed by atoms with Crippen molar-refractivity contribution in [2.45, 2.75) is 13.5 Å². The van der Waals surface area contributed by atoms with Crippen molar-refractivity contribution in [2.24, 2.45) is 5.11 Å². The van der Waals surface area contributed by atoms with Crippen molar-refractivity contribution in [1.29, 1.82) is 0 Å². The topological polar surface area (TPSA) is 104 Å². The Morgan fingerprint density at radius 3 is 2.70 bits per heavy atom. The Hall–Kier alpha value is -1.73. The molecule has 7 nitrogen and oxygen atoms in total. The van der Waals surface area contributed by atoms with E-state index in [4.69, 9.17) is 5.53 Å². The van der Waals surface area contributed by atoms with Crippen molar-refractivity contribution in [1.82, 2.24) is 5.32 Å². The predicted octanol–water partition coefficient (Wildman–Crippen LogP) is -0.105. The third kappa shape index (κ3) is 3.23. The van der Waals surface area contributed by atoms with E-state index in [1.807, 2.05) is 6.07 Å². The second-order valence-electron chi connectivity index (χ2n) is 4.82. The summed E-state index contributed by atoms with van der Waals surface area (Å²) in [5.41, 5.74) is 11.4. The van der Waals surface area contributed by atoms with E-state index in [9.17, 15) is 10.0 Å². The largest absolute Gasteiger partial charge is 0.488 e. The number of hydrogen-bond donors (Lipinski definition) is 3. The smallest absolute Gasteiger partial charge is 0.423 e. The molecule has 1 saturated heterocycles. The molecule has 106 valence electrons. The maximum absolute atomic E-state index is 9.50. The average Bonchev–Trinajstić information content (AvgIpc) is 2.46. The van der Waals surface area contributed by atoms with Gasteiger partial charge in [0.2, 0.25) is 0 Å². The van der Waals surface area contributed by atoms with Crippen molar-refractivity contribution >= 4 is 18.3 Å². The van der Waals surface area contributed by atoms with Crippen molar-refractivity contribution in [3.8, 4) is 0 Å². The highest BCUT2D eigenvalue weighted by Crippen LogP contribution is 2.19. The molecule has 1 heterocycles. The van der Waals surface area contributed by atoms with E-state index in [2.05, 4.69) is 20.2 Å². The quantitative estimate of drug-likeness (QED) is 0.309. The van der Waals surface area contributed by atoms with E-state index in [1.54, 1.807) is 13.0 Å². The number of piperazine rings is 1. The molecule has 1 aromatic carbocycles. The third-order valence-corrected chi connectivity index (χ3v) is 3.60. The Morgan fingerprint density at radius 2 is 2.10 bits per heavy atom. The second-order valence-corrected chi connectivity index (χ2v) is 4.82. The number of benzene rings is 1. The molecule has 0 saturated carbocycles. The SMILES string of the molecule is Cc1c(CN=[N+]=[N-])cc(N2CCNCC2)cc1B(O)O. The first-order valence-electron chi connectivity index (χ1n) is 6.59. The van der Waals surface area contributed by atoms with E-state index in [-0.39, 0.29) is 6.54 Å². The number of azide groups is 1. The van der Waals surface area contributed by atoms with Crippen LogP contribution in [0.3, 0.4) is 0 Å². The first-order valence-corrected chi connectivity index (χ1v) is 6.59. The van der Waals surface area contributed by atoms with Gasteiger partial charge in [-0.1, -0.05) is 5.11 Å². The lowest BCUT2D eigenvalue weighted by Gasteiger charge is -2.30. The van der Waals surface area contributed by atoms with E-state index in [0.717, 1.165) is 43.0 Å². The Kier molecular flexibility index (Phi) is 4.86. The van der Waals surface area contributed by atoms with Gasteiger partial charge in [-0.15, -0.1) is 0 Å². The summed E-state index contributed by atoms with van der Waals surface area (Å²) in [4.78, 5) is 4.95. The fourth-order valence-corrected chi connectivity index (χ4v) is 2.43. The molecule has 1 aromatic rings. The van der Waals surface area contributed by atoms with Crippen LogP contribution < -0.4 is 15.7 Å². The molecule has 8 heteroatoms. The van der Waals surface area contributed by atoms with Gasteiger partial charge in [0.25, 0.3) is 0 Å². The van der Waals surface area contributed by atoms with E-state index in [0.29, 0.717) is 5.46 Å². The van der Waals surface area contributed by atoms with Crippen molar-refractivity contribution in [3.63, 3.8) is 0 Å². The molecule has 1 fully saturated rings. The lowest BCUT2D eigenvalue weighted by molar-refractivity contribution is 0.425. The van der Waals surface area contributed by atoms with Crippen molar-refractivity contribution < 1.29 is 10.0 Å². The molecule has 0 radical (unpaired) electrons. The molecule has 0 atom stereocenters. The molecule has 0 amide bonds. The second kappa shape index (κ2) is 6.63. The molecule has 1 aliphatic rings. The first kappa shape index (κ1) is 14.7. The van der Waals surface area contributed by atoms with E-state index >= 15 is 0 Å². The van der Waals surface area contributed by atoms with Crippen molar-refractivity contribution in [3.05, 3.63) is 33.7 Å². The van der Waals surface area contributed by atoms with Crippen LogP contribution in [0.5, 0.6) is 0 Å². The zero-order valence-corrected chi connectivity index (χ0v) is 11.5. The lowest BCUT2D eigenvalue weighted by Crippen LogP contribution is -2.44. The van der Waals surface area contributed by atoms with Crippen LogP contribution in [0.15, 0.2) is 17.2 Å². The van der Waals surface area contributed by atoms with Gasteiger partial charge < -0.3 is 20.3 Å². The van der Waals surface area contributed by atoms with Gasteiger partial charge in [-0.3, -0.25) is 0 Å². The van der Waals surface area contributed by atoms with Gasteiger partial charge in [0.15, 0.2) is 0 Å². The Morgan fingerprint density at radius 1 is 1.40 bits per heavy atom. The summed E-state index contributed by atoms with van der Waals surface area (Å²) in [6, 6.07) is 3.76. The van der Waals surface area contributed by atoms with Gasteiger partial charge in [0.05, 0.1) is 6.54 Å². The average molecular weight is 275 g/mol. The van der Waals surface area contributed by atoms with Crippen LogP contribution in [-0.2, 0) is 6.54 Å². The summed E-state index contributed by atoms with van der Waals surface area (Å²) >= 11 is 0. The van der Waals surface area contributed by atoms with Gasteiger partial charge in [0.1, 0.15) is 0 Å². The molecule has 0 bridgehead atoms. The van der Waals surface area contributed by atoms with Gasteiger partial charge in [-0.05, 0) is 41.2 Å². The van der Waals surface area contributed by atoms with Crippen molar-refractivity contribution in [2.75, 3.05) is 31.1 Å². The minimum Gasteiger partial charge on any atom is -0.423 e. The summed E-state index contributed by atoms with van der Waals surface area (Å²) in [6.07, 6.45) is 0. The summed E-state index contributed by atoms with van der Waals surface area (Å²) in [5.74, 6) is 0. The zero-order chi connectivity index (χ0) is 14.5. The maximum Gasteiger partial charge on any atom is 0.488 e. The molecular formula is C12H18BN5O2. The fraction of sp³-hybridized carbons (Fsp3) is 0.500. The Balaban J connectivity index is 2.40. The maximum atomic E-state index is 9.50. The monoisotopic (exact) mass is 275 g/mol. The fourth-order valence-electron chi connectivity index (χ4n) is 2.43. The minimum atomic E-state index is -1.53. The first-order chi connectivity index (χ1) is 9.63. The number of nitrogens with zero attached hydrogens (tertiary/aromatic N) is 4. The molecule has 0 aliphatic carbocycles. The lowest BCUT2D eigenvalue weighted by atomic mass is 9.75. The third-order valence-electron chi connectivity index (χ3n) is 3.60. The summed E-state index contributed by atoms with van der Waals surface area (Å²) in [7, 11) is -1.53. The van der Waals surface area contributed by atoms with Gasteiger partial charge >= 0.3 is 7.12 Å². The van der Waals surface area contributed by atoms with E-state index < -0.39 is 7.12 Å². The molecule has 2 rings (SSSR count). The number of hydrogen-bond acceptors (Lipinski definition) is 5. The van der Waals surface area contributed by atoms with Crippen LogP contribution in [0.25, 0.3) is 10.4 Å². The molecule has 0 aromatic heterocycles. The number of rotatable bonds is 4. The molecular weight excluding hydrogens is 257 g/mol. The van der Waals surface area contributed by atoms with Gasteiger partial charge in [0, 0.05) is 36.8 Å². The van der Waals surface area contributed by atoms with Crippen LogP contribution in [0.4, 0.5) is 5.69 Å². The summed E-state index contributed by atoms with van der Waals surface area (Å²) in [6.45, 7) is 5.55. The summed E-state index contributed by atoms with van der Waals surface area (Å²) < 4.78 is 0. The molecule has 20 heavy (non-hydrogen) atoms. The normalized spacial score (nSPS) is 14.8. The molecule has 0 unspecified atom stereocenters. The van der Waals surface area contributed by atoms with Crippen LogP contribution in [0.1, 0.15) is 11.1 Å². The molecule has 3 N–H and O–H groups in total. The predicted molar refractivity (Wildman–Crippen MR) is 78.9 cm³/mol. The highest BCUT2D eigenvalue weighted by Gasteiger charge is 2.20. The standard InChI is InChI=1S/C12H18BN5O2/c1-9-10(8-16-17-14)6-11(7-12(9)13(19)20)18-4-2-15-3-5-18/h6-7,15,19-20H,2-5,8H2,1H3.